The van der Waals surface area contributed by atoms with Gasteiger partial charge in [-0.1, -0.05) is 22.8 Å². The highest BCUT2D eigenvalue weighted by Crippen LogP contribution is 2.24. The van der Waals surface area contributed by atoms with E-state index in [4.69, 9.17) is 21.4 Å². The Morgan fingerprint density at radius 1 is 1.53 bits per heavy atom. The fourth-order valence-electron chi connectivity index (χ4n) is 1.44. The highest BCUT2D eigenvalue weighted by Gasteiger charge is 2.10. The van der Waals surface area contributed by atoms with Crippen LogP contribution in [-0.4, -0.2) is 10.1 Å². The van der Waals surface area contributed by atoms with Gasteiger partial charge in [0.25, 0.3) is 0 Å². The Morgan fingerprint density at radius 3 is 3.11 bits per heavy atom. The van der Waals surface area contributed by atoms with E-state index in [0.717, 1.165) is 4.90 Å². The summed E-state index contributed by atoms with van der Waals surface area (Å²) in [6.45, 7) is 1.82. The van der Waals surface area contributed by atoms with E-state index < -0.39 is 0 Å². The molecule has 1 aromatic carbocycles. The second kappa shape index (κ2) is 6.60. The van der Waals surface area contributed by atoms with Gasteiger partial charge in [-0.3, -0.25) is 0 Å². The molecule has 1 unspecified atom stereocenters. The summed E-state index contributed by atoms with van der Waals surface area (Å²) in [4.78, 5) is 5.31. The largest absolute Gasteiger partial charge is 0.339 e. The molecule has 1 aromatic heterocycles. The van der Waals surface area contributed by atoms with Gasteiger partial charge in [0, 0.05) is 16.3 Å². The van der Waals surface area contributed by atoms with Gasteiger partial charge in [0.1, 0.15) is 0 Å². The third-order valence-corrected chi connectivity index (χ3v) is 3.60. The zero-order valence-electron chi connectivity index (χ0n) is 10.3. The lowest BCUT2D eigenvalue weighted by Crippen LogP contribution is -1.96. The molecule has 6 heteroatoms. The van der Waals surface area contributed by atoms with Crippen molar-refractivity contribution in [2.75, 3.05) is 0 Å². The van der Waals surface area contributed by atoms with Crippen molar-refractivity contribution < 1.29 is 4.52 Å². The van der Waals surface area contributed by atoms with Gasteiger partial charge < -0.3 is 4.52 Å². The number of hydrogen-bond donors (Lipinski definition) is 0. The van der Waals surface area contributed by atoms with Crippen LogP contribution in [0.5, 0.6) is 0 Å². The molecule has 1 heterocycles. The molecule has 0 spiro atoms. The number of thioether (sulfide) groups is 1. The second-order valence-corrected chi connectivity index (χ2v) is 5.57. The molecule has 0 aliphatic carbocycles. The molecule has 2 aromatic rings. The molecule has 0 N–H and O–H groups in total. The molecule has 0 aliphatic heterocycles. The van der Waals surface area contributed by atoms with Crippen LogP contribution in [0.15, 0.2) is 33.7 Å². The van der Waals surface area contributed by atoms with Gasteiger partial charge in [0.2, 0.25) is 5.89 Å². The number of nitriles is 1. The minimum Gasteiger partial charge on any atom is -0.339 e. The molecule has 2 rings (SSSR count). The van der Waals surface area contributed by atoms with Gasteiger partial charge >= 0.3 is 0 Å². The number of nitrogens with zero attached hydrogens (tertiary/aromatic N) is 3. The Kier molecular flexibility index (Phi) is 4.83. The monoisotopic (exact) mass is 293 g/mol. The Hall–Kier alpha value is -1.51. The average molecular weight is 294 g/mol. The summed E-state index contributed by atoms with van der Waals surface area (Å²) in [6.07, 6.45) is 0.491. The predicted octanol–water partition coefficient (Wildman–Crippen LogP) is 3.72. The van der Waals surface area contributed by atoms with Crippen LogP contribution in [0.3, 0.4) is 0 Å². The first-order valence-corrected chi connectivity index (χ1v) is 7.13. The van der Waals surface area contributed by atoms with Crippen molar-refractivity contribution in [2.24, 2.45) is 5.92 Å². The summed E-state index contributed by atoms with van der Waals surface area (Å²) >= 11 is 7.50. The first-order chi connectivity index (χ1) is 9.17. The van der Waals surface area contributed by atoms with Crippen molar-refractivity contribution >= 4 is 23.4 Å². The number of halogens is 1. The lowest BCUT2D eigenvalue weighted by atomic mass is 10.1. The summed E-state index contributed by atoms with van der Waals surface area (Å²) in [6, 6.07) is 9.75. The van der Waals surface area contributed by atoms with E-state index in [-0.39, 0.29) is 5.92 Å². The highest BCUT2D eigenvalue weighted by atomic mass is 35.5. The van der Waals surface area contributed by atoms with Crippen LogP contribution in [-0.2, 0) is 12.2 Å². The topological polar surface area (TPSA) is 62.7 Å². The molecule has 4 nitrogen and oxygen atoms in total. The molecule has 0 saturated heterocycles. The third kappa shape index (κ3) is 4.27. The zero-order valence-corrected chi connectivity index (χ0v) is 11.9. The summed E-state index contributed by atoms with van der Waals surface area (Å²) in [5, 5.41) is 13.3. The standard InChI is InChI=1S/C13H12ClN3OS/c1-9(7-15)5-13-16-12(17-18-13)8-19-11-4-2-3-10(14)6-11/h2-4,6,9H,5,8H2,1H3. The Bertz CT molecular complexity index is 594. The van der Waals surface area contributed by atoms with Gasteiger partial charge in [-0.2, -0.15) is 10.2 Å². The fourth-order valence-corrected chi connectivity index (χ4v) is 2.50. The molecule has 0 aliphatic rings. The minimum absolute atomic E-state index is 0.117. The van der Waals surface area contributed by atoms with Gasteiger partial charge in [0.05, 0.1) is 17.7 Å². The number of hydrogen-bond acceptors (Lipinski definition) is 5. The average Bonchev–Trinajstić information content (AvgIpc) is 2.84. The Labute approximate surface area is 120 Å². The van der Waals surface area contributed by atoms with Crippen molar-refractivity contribution in [3.05, 3.63) is 41.0 Å². The molecule has 0 amide bonds. The summed E-state index contributed by atoms with van der Waals surface area (Å²) < 4.78 is 5.10. The van der Waals surface area contributed by atoms with Gasteiger partial charge in [-0.15, -0.1) is 11.8 Å². The minimum atomic E-state index is -0.117. The number of aromatic nitrogens is 2. The molecule has 1 atom stereocenters. The fraction of sp³-hybridized carbons (Fsp3) is 0.308. The van der Waals surface area contributed by atoms with Crippen molar-refractivity contribution in [1.82, 2.24) is 10.1 Å². The molecule has 0 fully saturated rings. The summed E-state index contributed by atoms with van der Waals surface area (Å²) in [7, 11) is 0. The van der Waals surface area contributed by atoms with Crippen LogP contribution in [0.2, 0.25) is 5.02 Å². The van der Waals surface area contributed by atoms with Crippen molar-refractivity contribution in [3.8, 4) is 6.07 Å². The van der Waals surface area contributed by atoms with Crippen LogP contribution < -0.4 is 0 Å². The van der Waals surface area contributed by atoms with Crippen molar-refractivity contribution in [3.63, 3.8) is 0 Å². The number of rotatable bonds is 5. The second-order valence-electron chi connectivity index (χ2n) is 4.08. The Balaban J connectivity index is 1.92. The quantitative estimate of drug-likeness (QED) is 0.786. The maximum absolute atomic E-state index is 8.72. The zero-order chi connectivity index (χ0) is 13.7. The van der Waals surface area contributed by atoms with Crippen LogP contribution in [0.25, 0.3) is 0 Å². The maximum Gasteiger partial charge on any atom is 0.227 e. The van der Waals surface area contributed by atoms with E-state index in [1.165, 1.54) is 0 Å². The van der Waals surface area contributed by atoms with Crippen molar-refractivity contribution in [1.29, 1.82) is 5.26 Å². The van der Waals surface area contributed by atoms with Crippen LogP contribution >= 0.6 is 23.4 Å². The highest BCUT2D eigenvalue weighted by molar-refractivity contribution is 7.98. The van der Waals surface area contributed by atoms with Gasteiger partial charge in [-0.05, 0) is 25.1 Å². The summed E-state index contributed by atoms with van der Waals surface area (Å²) in [5.74, 6) is 1.64. The summed E-state index contributed by atoms with van der Waals surface area (Å²) in [5.41, 5.74) is 0. The van der Waals surface area contributed by atoms with Crippen LogP contribution in [0.4, 0.5) is 0 Å². The molecule has 19 heavy (non-hydrogen) atoms. The smallest absolute Gasteiger partial charge is 0.227 e. The van der Waals surface area contributed by atoms with E-state index in [1.807, 2.05) is 31.2 Å². The third-order valence-electron chi connectivity index (χ3n) is 2.38. The lowest BCUT2D eigenvalue weighted by Gasteiger charge is -1.98. The first kappa shape index (κ1) is 13.9. The molecule has 0 bridgehead atoms. The Morgan fingerprint density at radius 2 is 2.37 bits per heavy atom. The van der Waals surface area contributed by atoms with E-state index in [0.29, 0.717) is 28.9 Å². The molecular weight excluding hydrogens is 282 g/mol. The van der Waals surface area contributed by atoms with Crippen LogP contribution in [0.1, 0.15) is 18.6 Å². The predicted molar refractivity (Wildman–Crippen MR) is 73.8 cm³/mol. The van der Waals surface area contributed by atoms with Crippen molar-refractivity contribution in [2.45, 2.75) is 24.0 Å². The molecule has 0 radical (unpaired) electrons. The number of benzene rings is 1. The van der Waals surface area contributed by atoms with E-state index in [2.05, 4.69) is 16.2 Å². The van der Waals surface area contributed by atoms with Gasteiger partial charge in [-0.25, -0.2) is 0 Å². The van der Waals surface area contributed by atoms with E-state index in [1.54, 1.807) is 11.8 Å². The SMILES string of the molecule is CC(C#N)Cc1nc(CSc2cccc(Cl)c2)no1. The van der Waals surface area contributed by atoms with Gasteiger partial charge in [0.15, 0.2) is 5.82 Å². The first-order valence-electron chi connectivity index (χ1n) is 5.77. The van der Waals surface area contributed by atoms with Crippen LogP contribution in [0, 0.1) is 17.2 Å². The van der Waals surface area contributed by atoms with E-state index >= 15 is 0 Å². The normalized spacial score (nSPS) is 12.1. The molecule has 0 saturated carbocycles. The molecule has 98 valence electrons. The maximum atomic E-state index is 8.72. The lowest BCUT2D eigenvalue weighted by molar-refractivity contribution is 0.366. The molecular formula is C13H12ClN3OS. The van der Waals surface area contributed by atoms with E-state index in [9.17, 15) is 0 Å².